The molecule has 1 spiro atoms. The highest BCUT2D eigenvalue weighted by Crippen LogP contribution is 2.63. The Morgan fingerprint density at radius 2 is 0.968 bits per heavy atom. The van der Waals surface area contributed by atoms with E-state index in [9.17, 15) is 0 Å². The molecule has 0 fully saturated rings. The van der Waals surface area contributed by atoms with Crippen LogP contribution in [0.5, 0.6) is 0 Å². The van der Waals surface area contributed by atoms with Crippen LogP contribution in [0.4, 0.5) is 17.1 Å². The van der Waals surface area contributed by atoms with Crippen LogP contribution in [-0.2, 0) is 5.41 Å². The van der Waals surface area contributed by atoms with Gasteiger partial charge in [-0.1, -0.05) is 163 Å². The molecule has 2 heterocycles. The first kappa shape index (κ1) is 35.2. The van der Waals surface area contributed by atoms with E-state index in [2.05, 4.69) is 240 Å². The molecule has 11 aromatic rings. The molecular weight excluding hydrogens is 769 g/mol. The van der Waals surface area contributed by atoms with E-state index < -0.39 is 5.41 Å². The topological polar surface area (TPSA) is 8.17 Å². The number of rotatable bonds is 5. The summed E-state index contributed by atoms with van der Waals surface area (Å²) in [6, 6.07) is 85.2. The molecule has 0 bridgehead atoms. The van der Waals surface area contributed by atoms with Crippen molar-refractivity contribution in [3.05, 3.63) is 253 Å². The average Bonchev–Trinajstić information content (AvgIpc) is 3.83. The Morgan fingerprint density at radius 1 is 0.371 bits per heavy atom. The number of anilines is 3. The van der Waals surface area contributed by atoms with Gasteiger partial charge >= 0.3 is 0 Å². The Balaban J connectivity index is 0.987. The smallest absolute Gasteiger partial charge is 0.0736 e. The van der Waals surface area contributed by atoms with Crippen molar-refractivity contribution in [1.29, 1.82) is 0 Å². The van der Waals surface area contributed by atoms with Gasteiger partial charge in [-0.25, -0.2) is 0 Å². The van der Waals surface area contributed by atoms with Crippen LogP contribution in [0.1, 0.15) is 22.3 Å². The van der Waals surface area contributed by atoms with E-state index in [0.717, 1.165) is 17.1 Å². The fraction of sp³-hybridized carbons (Fsp3) is 0.0169. The third-order valence-electron chi connectivity index (χ3n) is 13.2. The molecule has 0 unspecified atom stereocenters. The van der Waals surface area contributed by atoms with Gasteiger partial charge in [-0.3, -0.25) is 0 Å². The molecule has 290 valence electrons. The zero-order valence-electron chi connectivity index (χ0n) is 33.7. The highest BCUT2D eigenvalue weighted by atomic mass is 32.2. The van der Waals surface area contributed by atoms with Crippen molar-refractivity contribution in [3.63, 3.8) is 0 Å². The molecule has 13 rings (SSSR count). The zero-order valence-corrected chi connectivity index (χ0v) is 34.6. The van der Waals surface area contributed by atoms with Gasteiger partial charge in [-0.15, -0.1) is 0 Å². The quantitative estimate of drug-likeness (QED) is 0.171. The number of fused-ring (bicyclic) bond motifs is 14. The van der Waals surface area contributed by atoms with E-state index in [-0.39, 0.29) is 0 Å². The number of nitrogens with zero attached hydrogens (tertiary/aromatic N) is 2. The molecule has 62 heavy (non-hydrogen) atoms. The van der Waals surface area contributed by atoms with E-state index in [4.69, 9.17) is 0 Å². The summed E-state index contributed by atoms with van der Waals surface area (Å²) in [6.07, 6.45) is 0. The van der Waals surface area contributed by atoms with E-state index in [1.807, 2.05) is 11.8 Å². The summed E-state index contributed by atoms with van der Waals surface area (Å²) in [5.74, 6) is 0. The lowest BCUT2D eigenvalue weighted by atomic mass is 9.67. The zero-order chi connectivity index (χ0) is 40.8. The number of benzene rings is 10. The third-order valence-corrected chi connectivity index (χ3v) is 14.4. The van der Waals surface area contributed by atoms with Gasteiger partial charge in [0.25, 0.3) is 0 Å². The van der Waals surface area contributed by atoms with Crippen molar-refractivity contribution < 1.29 is 0 Å². The van der Waals surface area contributed by atoms with E-state index in [0.29, 0.717) is 0 Å². The average molecular weight is 807 g/mol. The molecule has 3 heteroatoms. The van der Waals surface area contributed by atoms with Crippen molar-refractivity contribution in [3.8, 4) is 27.9 Å². The summed E-state index contributed by atoms with van der Waals surface area (Å²) >= 11 is 1.89. The van der Waals surface area contributed by atoms with Gasteiger partial charge in [0.05, 0.1) is 16.4 Å². The van der Waals surface area contributed by atoms with Gasteiger partial charge in [-0.05, 0) is 134 Å². The fourth-order valence-corrected chi connectivity index (χ4v) is 11.8. The molecule has 2 nitrogen and oxygen atoms in total. The molecule has 0 saturated heterocycles. The Hall–Kier alpha value is -7.59. The van der Waals surface area contributed by atoms with E-state index in [1.165, 1.54) is 92.6 Å². The first-order valence-corrected chi connectivity index (χ1v) is 22.2. The predicted molar refractivity (Wildman–Crippen MR) is 260 cm³/mol. The summed E-state index contributed by atoms with van der Waals surface area (Å²) in [4.78, 5) is 5.04. The predicted octanol–water partition coefficient (Wildman–Crippen LogP) is 15.9. The Kier molecular flexibility index (Phi) is 7.79. The first-order valence-electron chi connectivity index (χ1n) is 21.3. The molecule has 0 saturated carbocycles. The lowest BCUT2D eigenvalue weighted by Crippen LogP contribution is -2.32. The van der Waals surface area contributed by atoms with Crippen LogP contribution < -0.4 is 4.90 Å². The maximum Gasteiger partial charge on any atom is 0.0736 e. The van der Waals surface area contributed by atoms with Gasteiger partial charge in [0.15, 0.2) is 0 Å². The molecule has 0 radical (unpaired) electrons. The lowest BCUT2D eigenvalue weighted by molar-refractivity contribution is 0.723. The maximum absolute atomic E-state index is 2.49. The fourth-order valence-electron chi connectivity index (χ4n) is 10.6. The van der Waals surface area contributed by atoms with E-state index in [1.54, 1.807) is 0 Å². The van der Waals surface area contributed by atoms with Crippen LogP contribution in [-0.4, -0.2) is 4.57 Å². The van der Waals surface area contributed by atoms with Gasteiger partial charge in [-0.2, -0.15) is 0 Å². The van der Waals surface area contributed by atoms with Crippen LogP contribution >= 0.6 is 11.8 Å². The molecule has 1 aromatic heterocycles. The molecule has 10 aromatic carbocycles. The summed E-state index contributed by atoms with van der Waals surface area (Å²) < 4.78 is 2.38. The number of hydrogen-bond donors (Lipinski definition) is 0. The monoisotopic (exact) mass is 806 g/mol. The van der Waals surface area contributed by atoms with Crippen molar-refractivity contribution >= 4 is 61.4 Å². The van der Waals surface area contributed by atoms with Crippen LogP contribution in [0.25, 0.3) is 60.5 Å². The van der Waals surface area contributed by atoms with Gasteiger partial charge in [0.1, 0.15) is 0 Å². The van der Waals surface area contributed by atoms with Crippen molar-refractivity contribution in [1.82, 2.24) is 4.57 Å². The summed E-state index contributed by atoms with van der Waals surface area (Å²) in [6.45, 7) is 0. The number of para-hydroxylation sites is 3. The van der Waals surface area contributed by atoms with Gasteiger partial charge in [0.2, 0.25) is 0 Å². The highest BCUT2D eigenvalue weighted by Gasteiger charge is 2.50. The maximum atomic E-state index is 2.49. The number of aromatic nitrogens is 1. The molecule has 0 N–H and O–H groups in total. The minimum Gasteiger partial charge on any atom is -0.310 e. The molecule has 0 amide bonds. The lowest BCUT2D eigenvalue weighted by Gasteiger charge is -2.40. The van der Waals surface area contributed by atoms with Crippen LogP contribution in [0.3, 0.4) is 0 Å². The van der Waals surface area contributed by atoms with Crippen LogP contribution in [0.15, 0.2) is 240 Å². The summed E-state index contributed by atoms with van der Waals surface area (Å²) in [5, 5.41) is 5.06. The third kappa shape index (κ3) is 5.06. The number of hydrogen-bond acceptors (Lipinski definition) is 2. The van der Waals surface area contributed by atoms with Crippen molar-refractivity contribution in [2.75, 3.05) is 4.90 Å². The normalized spacial score (nSPS) is 13.2. The minimum atomic E-state index is -0.488. The summed E-state index contributed by atoms with van der Waals surface area (Å²) in [5.41, 5.74) is 16.8. The molecule has 1 aliphatic heterocycles. The first-order chi connectivity index (χ1) is 30.8. The van der Waals surface area contributed by atoms with Gasteiger partial charge in [0, 0.05) is 43.3 Å². The molecule has 2 aliphatic rings. The van der Waals surface area contributed by atoms with E-state index >= 15 is 0 Å². The Bertz CT molecular complexity index is 3500. The summed E-state index contributed by atoms with van der Waals surface area (Å²) in [7, 11) is 0. The Labute approximate surface area is 365 Å². The largest absolute Gasteiger partial charge is 0.310 e. The van der Waals surface area contributed by atoms with Crippen LogP contribution in [0, 0.1) is 0 Å². The standard InChI is InChI=1S/C59H38N2S/c1-3-16-42(17-4-1)60(44-31-27-39(28-32-44)41-30-36-55-49(37-41)47-21-9-12-24-54(47)61(55)43-18-5-2-6-19-43)45-33-34-48-53(38-45)59(52-35-29-40-15-7-8-20-46(40)58(48)52)50-22-10-13-25-56(50)62-57-26-14-11-23-51(57)59/h1-38H. The second kappa shape index (κ2) is 13.7. The Morgan fingerprint density at radius 3 is 1.74 bits per heavy atom. The molecule has 0 atom stereocenters. The van der Waals surface area contributed by atoms with Gasteiger partial charge < -0.3 is 9.47 Å². The minimum absolute atomic E-state index is 0.488. The van der Waals surface area contributed by atoms with Crippen molar-refractivity contribution in [2.45, 2.75) is 15.2 Å². The second-order valence-corrected chi connectivity index (χ2v) is 17.5. The second-order valence-electron chi connectivity index (χ2n) is 16.4. The molecule has 1 aliphatic carbocycles. The highest BCUT2D eigenvalue weighted by molar-refractivity contribution is 7.99. The molecular formula is C59H38N2S. The van der Waals surface area contributed by atoms with Crippen molar-refractivity contribution in [2.24, 2.45) is 0 Å². The SMILES string of the molecule is c1ccc(N(c2ccc(-c3ccc4c(c3)c3ccccc3n4-c3ccccc3)cc2)c2ccc3c(c2)C2(c4ccccc4Sc4ccccc42)c2ccc4ccccc4c2-3)cc1. The van der Waals surface area contributed by atoms with Crippen LogP contribution in [0.2, 0.25) is 0 Å².